The fourth-order valence-corrected chi connectivity index (χ4v) is 8.91. The van der Waals surface area contributed by atoms with Crippen LogP contribution in [0, 0.1) is 39.4 Å². The molecule has 2 amide bonds. The number of benzene rings is 1. The first-order valence-corrected chi connectivity index (χ1v) is 13.6. The zero-order valence-electron chi connectivity index (χ0n) is 22.5. The second kappa shape index (κ2) is 9.55. The maximum atomic E-state index is 12.3. The van der Waals surface area contributed by atoms with Crippen molar-refractivity contribution < 1.29 is 19.6 Å². The number of hydroxylamine groups is 1. The first-order chi connectivity index (χ1) is 17.8. The lowest BCUT2D eigenvalue weighted by Gasteiger charge is -2.30. The summed E-state index contributed by atoms with van der Waals surface area (Å²) >= 11 is 4.37. The van der Waals surface area contributed by atoms with Crippen LogP contribution in [0.4, 0.5) is 5.69 Å². The molecule has 10 nitrogen and oxygen atoms in total. The maximum Gasteiger partial charge on any atom is 0.255 e. The number of anilines is 1. The highest BCUT2D eigenvalue weighted by atomic mass is 32.1. The first-order valence-electron chi connectivity index (χ1n) is 13.0. The minimum Gasteiger partial charge on any atom is -0.400 e. The third kappa shape index (κ3) is 3.55. The molecular weight excluding hydrogens is 504 g/mol. The van der Waals surface area contributed by atoms with Crippen molar-refractivity contribution in [2.75, 3.05) is 17.6 Å². The third-order valence-corrected chi connectivity index (χ3v) is 10.4. The van der Waals surface area contributed by atoms with Gasteiger partial charge >= 0.3 is 0 Å². The van der Waals surface area contributed by atoms with Crippen LogP contribution in [-0.4, -0.2) is 40.1 Å². The molecule has 0 aliphatic heterocycles. The Balaban J connectivity index is 0.000000225. The van der Waals surface area contributed by atoms with Gasteiger partial charge in [-0.15, -0.1) is 0 Å². The monoisotopic (exact) mass is 544 g/mol. The second-order valence-electron chi connectivity index (χ2n) is 11.8. The first kappa shape index (κ1) is 28.4. The van der Waals surface area contributed by atoms with E-state index in [4.69, 9.17) is 22.5 Å². The fraction of sp³-hybridized carbons (Fsp3) is 0.593. The maximum absolute atomic E-state index is 12.3. The molecule has 6 atom stereocenters. The van der Waals surface area contributed by atoms with E-state index in [-0.39, 0.29) is 17.9 Å². The summed E-state index contributed by atoms with van der Waals surface area (Å²) < 4.78 is 0. The van der Waals surface area contributed by atoms with Crippen molar-refractivity contribution in [3.63, 3.8) is 0 Å². The highest BCUT2D eigenvalue weighted by Crippen LogP contribution is 3.25. The summed E-state index contributed by atoms with van der Waals surface area (Å²) in [5.74, 6) is 5.85. The minimum atomic E-state index is -0.969. The zero-order chi connectivity index (χ0) is 28.3. The van der Waals surface area contributed by atoms with Gasteiger partial charge in [-0.25, -0.2) is 11.3 Å². The van der Waals surface area contributed by atoms with E-state index in [1.54, 1.807) is 35.9 Å². The van der Waals surface area contributed by atoms with Crippen molar-refractivity contribution in [2.24, 2.45) is 56.7 Å². The SMILES string of the molecule is CC(C)CC(C(=O)NO)C(=O)Nc1ccc(CN(N)/C=C(\N)CN)cc1.CC12C3CC(=O)C4(CS)C1(C)C342. The van der Waals surface area contributed by atoms with Gasteiger partial charge in [0.2, 0.25) is 5.91 Å². The topological polar surface area (TPSA) is 177 Å². The van der Waals surface area contributed by atoms with E-state index in [2.05, 4.69) is 31.8 Å². The molecule has 4 saturated carbocycles. The summed E-state index contributed by atoms with van der Waals surface area (Å²) in [6, 6.07) is 7.01. The number of hydrogen-bond donors (Lipinski definition) is 7. The van der Waals surface area contributed by atoms with Crippen LogP contribution in [0.5, 0.6) is 0 Å². The van der Waals surface area contributed by atoms with Gasteiger partial charge < -0.3 is 21.8 Å². The van der Waals surface area contributed by atoms with E-state index in [9.17, 15) is 14.4 Å². The Morgan fingerprint density at radius 1 is 1.24 bits per heavy atom. The number of amides is 2. The van der Waals surface area contributed by atoms with Crippen LogP contribution in [-0.2, 0) is 20.9 Å². The number of nitrogens with zero attached hydrogens (tertiary/aromatic N) is 1. The molecule has 0 bridgehead atoms. The van der Waals surface area contributed by atoms with Gasteiger partial charge in [0.05, 0.1) is 12.0 Å². The van der Waals surface area contributed by atoms with Crippen LogP contribution in [0.2, 0.25) is 0 Å². The third-order valence-electron chi connectivity index (χ3n) is 9.89. The van der Waals surface area contributed by atoms with Crippen LogP contribution >= 0.6 is 12.6 Å². The van der Waals surface area contributed by atoms with E-state index in [0.29, 0.717) is 46.4 Å². The number of nitrogens with two attached hydrogens (primary N) is 3. The highest BCUT2D eigenvalue weighted by molar-refractivity contribution is 7.80. The molecule has 4 fully saturated rings. The summed E-state index contributed by atoms with van der Waals surface area (Å²) in [5.41, 5.74) is 16.0. The van der Waals surface area contributed by atoms with Gasteiger partial charge in [-0.05, 0) is 46.8 Å². The molecule has 4 aliphatic carbocycles. The molecule has 208 valence electrons. The average Bonchev–Trinajstić information content (AvgIpc) is 3.69. The number of Topliss-reactive ketones (excluding diaryl/α,β-unsaturated/α-hetero) is 1. The van der Waals surface area contributed by atoms with Gasteiger partial charge in [-0.2, -0.15) is 12.6 Å². The molecule has 0 aromatic heterocycles. The number of carbonyl (C=O) groups excluding carboxylic acids is 3. The number of ketones is 1. The lowest BCUT2D eigenvalue weighted by atomic mass is 9.73. The number of carbonyl (C=O) groups is 3. The quantitative estimate of drug-likeness (QED) is 0.0766. The Kier molecular flexibility index (Phi) is 7.14. The van der Waals surface area contributed by atoms with Crippen molar-refractivity contribution in [1.29, 1.82) is 0 Å². The van der Waals surface area contributed by atoms with Crippen molar-refractivity contribution in [3.8, 4) is 0 Å². The number of nitrogens with one attached hydrogen (secondary N) is 2. The predicted octanol–water partition coefficient (Wildman–Crippen LogP) is 1.76. The van der Waals surface area contributed by atoms with Gasteiger partial charge in [0.25, 0.3) is 5.91 Å². The number of hydrogen-bond acceptors (Lipinski definition) is 9. The Morgan fingerprint density at radius 3 is 2.34 bits per heavy atom. The number of rotatable bonds is 10. The van der Waals surface area contributed by atoms with Crippen molar-refractivity contribution >= 4 is 35.9 Å². The van der Waals surface area contributed by atoms with Crippen LogP contribution in [0.15, 0.2) is 36.2 Å². The number of hydrazine groups is 1. The Morgan fingerprint density at radius 2 is 1.87 bits per heavy atom. The molecule has 4 aliphatic rings. The molecule has 1 aromatic rings. The smallest absolute Gasteiger partial charge is 0.255 e. The van der Waals surface area contributed by atoms with Gasteiger partial charge in [0, 0.05) is 41.7 Å². The molecule has 1 aromatic carbocycles. The summed E-state index contributed by atoms with van der Waals surface area (Å²) in [6.45, 7) is 9.09. The van der Waals surface area contributed by atoms with Crippen LogP contribution < -0.4 is 28.1 Å². The van der Waals surface area contributed by atoms with Gasteiger partial charge in [0.1, 0.15) is 11.7 Å². The highest BCUT2D eigenvalue weighted by Gasteiger charge is 3.25. The van der Waals surface area contributed by atoms with E-state index in [0.717, 1.165) is 23.7 Å². The van der Waals surface area contributed by atoms with Crippen molar-refractivity contribution in [2.45, 2.75) is 47.1 Å². The lowest BCUT2D eigenvalue weighted by molar-refractivity contribution is -0.139. The van der Waals surface area contributed by atoms with Gasteiger partial charge in [-0.1, -0.05) is 39.8 Å². The molecule has 0 saturated heterocycles. The summed E-state index contributed by atoms with van der Waals surface area (Å²) in [7, 11) is 0. The number of thiol groups is 1. The van der Waals surface area contributed by atoms with Crippen LogP contribution in [0.1, 0.15) is 46.1 Å². The van der Waals surface area contributed by atoms with Crippen molar-refractivity contribution in [3.05, 3.63) is 41.7 Å². The van der Waals surface area contributed by atoms with E-state index in [1.807, 2.05) is 13.8 Å². The molecule has 38 heavy (non-hydrogen) atoms. The minimum absolute atomic E-state index is 0.0581. The molecule has 5 rings (SSSR count). The molecule has 1 spiro atoms. The summed E-state index contributed by atoms with van der Waals surface area (Å²) in [4.78, 5) is 35.7. The second-order valence-corrected chi connectivity index (χ2v) is 12.1. The van der Waals surface area contributed by atoms with E-state index in [1.165, 1.54) is 5.01 Å². The Labute approximate surface area is 229 Å². The largest absolute Gasteiger partial charge is 0.400 e. The molecule has 6 unspecified atom stereocenters. The van der Waals surface area contributed by atoms with Gasteiger partial charge in [-0.3, -0.25) is 19.6 Å². The fourth-order valence-electron chi connectivity index (χ4n) is 8.16. The van der Waals surface area contributed by atoms with Gasteiger partial charge in [0.15, 0.2) is 0 Å². The molecule has 11 heteroatoms. The number of fused-ring (bicyclic) bond motifs is 3. The molecule has 0 heterocycles. The standard InChI is InChI=1S/C17H28N6O3.C10H12OS/c1-11(2)7-15(17(25)22-26)16(24)21-14-5-3-12(4-6-14)9-23(20)10-13(19)8-18;1-7-5-3-6(11)9(4-12)8(7,2)10(5,7)9/h3-6,10-11,15,26H,7-9,18-20H2,1-2H3,(H,21,24)(H,22,25);5,12H,3-4H2,1-2H3/b13-10-;. The summed E-state index contributed by atoms with van der Waals surface area (Å²) in [5, 5.41) is 12.9. The molecular formula is C27H40N6O4S. The summed E-state index contributed by atoms with van der Waals surface area (Å²) in [6.07, 6.45) is 2.75. The zero-order valence-corrected chi connectivity index (χ0v) is 23.3. The molecule has 0 radical (unpaired) electrons. The predicted molar refractivity (Wildman–Crippen MR) is 147 cm³/mol. The van der Waals surface area contributed by atoms with E-state index < -0.39 is 17.7 Å². The normalized spacial score (nSPS) is 33.9. The van der Waals surface area contributed by atoms with Crippen LogP contribution in [0.3, 0.4) is 0 Å². The van der Waals surface area contributed by atoms with Crippen molar-refractivity contribution in [1.82, 2.24) is 10.5 Å². The Hall–Kier alpha value is -2.60. The average molecular weight is 545 g/mol. The Bertz CT molecular complexity index is 1170. The van der Waals surface area contributed by atoms with E-state index >= 15 is 0 Å². The van der Waals surface area contributed by atoms with Crippen LogP contribution in [0.25, 0.3) is 0 Å². The molecule has 9 N–H and O–H groups in total. The lowest BCUT2D eigenvalue weighted by Crippen LogP contribution is -2.37.